The van der Waals surface area contributed by atoms with Crippen LogP contribution in [0.15, 0.2) is 65.1 Å². The SMILES string of the molecule is CC(O)c1ccc(Oc2ccc3ccccc3c2)cc1Br. The normalized spacial score (nSPS) is 12.3. The number of benzene rings is 3. The molecule has 106 valence electrons. The van der Waals surface area contributed by atoms with Crippen LogP contribution in [0.3, 0.4) is 0 Å². The van der Waals surface area contributed by atoms with Gasteiger partial charge in [-0.25, -0.2) is 0 Å². The van der Waals surface area contributed by atoms with E-state index in [1.165, 1.54) is 5.39 Å². The van der Waals surface area contributed by atoms with Gasteiger partial charge in [0, 0.05) is 4.47 Å². The molecule has 0 spiro atoms. The summed E-state index contributed by atoms with van der Waals surface area (Å²) in [5.41, 5.74) is 0.848. The first kappa shape index (κ1) is 14.1. The van der Waals surface area contributed by atoms with Gasteiger partial charge >= 0.3 is 0 Å². The second-order valence-corrected chi connectivity index (χ2v) is 5.82. The van der Waals surface area contributed by atoms with Crippen LogP contribution < -0.4 is 4.74 Å². The largest absolute Gasteiger partial charge is 0.457 e. The summed E-state index contributed by atoms with van der Waals surface area (Å²) in [6, 6.07) is 19.8. The number of hydrogen-bond acceptors (Lipinski definition) is 2. The smallest absolute Gasteiger partial charge is 0.128 e. The first-order valence-corrected chi connectivity index (χ1v) is 7.57. The lowest BCUT2D eigenvalue weighted by molar-refractivity contribution is 0.198. The van der Waals surface area contributed by atoms with Crippen molar-refractivity contribution >= 4 is 26.7 Å². The third-order valence-corrected chi connectivity index (χ3v) is 4.07. The number of rotatable bonds is 3. The lowest BCUT2D eigenvalue weighted by Crippen LogP contribution is -1.93. The highest BCUT2D eigenvalue weighted by Crippen LogP contribution is 2.31. The number of fused-ring (bicyclic) bond motifs is 1. The average Bonchev–Trinajstić information content (AvgIpc) is 2.47. The van der Waals surface area contributed by atoms with E-state index in [-0.39, 0.29) is 0 Å². The second kappa shape index (κ2) is 5.88. The summed E-state index contributed by atoms with van der Waals surface area (Å²) in [6.45, 7) is 1.74. The molecule has 1 N–H and O–H groups in total. The van der Waals surface area contributed by atoms with E-state index in [4.69, 9.17) is 4.74 Å². The summed E-state index contributed by atoms with van der Waals surface area (Å²) in [4.78, 5) is 0. The summed E-state index contributed by atoms with van der Waals surface area (Å²) in [5, 5.41) is 12.0. The van der Waals surface area contributed by atoms with Crippen molar-refractivity contribution in [3.8, 4) is 11.5 Å². The first-order valence-electron chi connectivity index (χ1n) is 6.77. The minimum Gasteiger partial charge on any atom is -0.457 e. The van der Waals surface area contributed by atoms with Gasteiger partial charge < -0.3 is 9.84 Å². The molecule has 1 atom stereocenters. The molecule has 0 saturated heterocycles. The molecule has 3 aromatic rings. The highest BCUT2D eigenvalue weighted by atomic mass is 79.9. The fourth-order valence-corrected chi connectivity index (χ4v) is 2.97. The predicted octanol–water partition coefficient (Wildman–Crippen LogP) is 5.45. The molecule has 0 aromatic heterocycles. The molecule has 0 saturated carbocycles. The maximum atomic E-state index is 9.63. The van der Waals surface area contributed by atoms with Crippen molar-refractivity contribution < 1.29 is 9.84 Å². The van der Waals surface area contributed by atoms with Gasteiger partial charge in [0.25, 0.3) is 0 Å². The van der Waals surface area contributed by atoms with Crippen LogP contribution in [-0.4, -0.2) is 5.11 Å². The van der Waals surface area contributed by atoms with Gasteiger partial charge in [0.1, 0.15) is 11.5 Å². The van der Waals surface area contributed by atoms with Crippen LogP contribution >= 0.6 is 15.9 Å². The molecule has 0 heterocycles. The summed E-state index contributed by atoms with van der Waals surface area (Å²) in [7, 11) is 0. The molecule has 21 heavy (non-hydrogen) atoms. The van der Waals surface area contributed by atoms with E-state index < -0.39 is 6.10 Å². The van der Waals surface area contributed by atoms with Crippen molar-refractivity contribution in [1.29, 1.82) is 0 Å². The van der Waals surface area contributed by atoms with Gasteiger partial charge in [-0.3, -0.25) is 0 Å². The zero-order valence-corrected chi connectivity index (χ0v) is 13.2. The predicted molar refractivity (Wildman–Crippen MR) is 88.8 cm³/mol. The van der Waals surface area contributed by atoms with Gasteiger partial charge in [0.05, 0.1) is 6.10 Å². The van der Waals surface area contributed by atoms with E-state index in [1.54, 1.807) is 6.92 Å². The quantitative estimate of drug-likeness (QED) is 0.685. The summed E-state index contributed by atoms with van der Waals surface area (Å²) in [6.07, 6.45) is -0.505. The number of aliphatic hydroxyl groups excluding tert-OH is 1. The fraction of sp³-hybridized carbons (Fsp3) is 0.111. The average molecular weight is 343 g/mol. The van der Waals surface area contributed by atoms with Crippen molar-refractivity contribution in [2.75, 3.05) is 0 Å². The maximum Gasteiger partial charge on any atom is 0.128 e. The van der Waals surface area contributed by atoms with Crippen LogP contribution in [0.1, 0.15) is 18.6 Å². The van der Waals surface area contributed by atoms with E-state index in [2.05, 4.69) is 28.1 Å². The van der Waals surface area contributed by atoms with Crippen LogP contribution in [0.2, 0.25) is 0 Å². The molecule has 0 bridgehead atoms. The minimum absolute atomic E-state index is 0.505. The Morgan fingerprint density at radius 1 is 0.905 bits per heavy atom. The van der Waals surface area contributed by atoms with Crippen LogP contribution in [0.5, 0.6) is 11.5 Å². The van der Waals surface area contributed by atoms with Crippen molar-refractivity contribution in [3.05, 3.63) is 70.7 Å². The zero-order valence-electron chi connectivity index (χ0n) is 11.6. The van der Waals surface area contributed by atoms with Crippen LogP contribution in [0.25, 0.3) is 10.8 Å². The third kappa shape index (κ3) is 3.09. The van der Waals surface area contributed by atoms with Crippen LogP contribution in [0.4, 0.5) is 0 Å². The van der Waals surface area contributed by atoms with E-state index in [0.29, 0.717) is 0 Å². The Bertz CT molecular complexity index is 781. The van der Waals surface area contributed by atoms with Crippen molar-refractivity contribution in [3.63, 3.8) is 0 Å². The molecule has 3 rings (SSSR count). The van der Waals surface area contributed by atoms with Crippen molar-refractivity contribution in [2.45, 2.75) is 13.0 Å². The third-order valence-electron chi connectivity index (χ3n) is 3.38. The number of halogens is 1. The lowest BCUT2D eigenvalue weighted by Gasteiger charge is -2.11. The molecule has 1 unspecified atom stereocenters. The van der Waals surface area contributed by atoms with Gasteiger partial charge in [-0.1, -0.05) is 52.3 Å². The Kier molecular flexibility index (Phi) is 3.95. The molecule has 0 amide bonds. The second-order valence-electron chi connectivity index (χ2n) is 4.97. The standard InChI is InChI=1S/C18H15BrO2/c1-12(20)17-9-8-16(11-18(17)19)21-15-7-6-13-4-2-3-5-14(13)10-15/h2-12,20H,1H3. The maximum absolute atomic E-state index is 9.63. The topological polar surface area (TPSA) is 29.5 Å². The highest BCUT2D eigenvalue weighted by Gasteiger charge is 2.08. The fourth-order valence-electron chi connectivity index (χ4n) is 2.28. The van der Waals surface area contributed by atoms with E-state index in [9.17, 15) is 5.11 Å². The van der Waals surface area contributed by atoms with E-state index in [0.717, 1.165) is 26.9 Å². The Morgan fingerprint density at radius 2 is 1.57 bits per heavy atom. The van der Waals surface area contributed by atoms with E-state index >= 15 is 0 Å². The minimum atomic E-state index is -0.505. The van der Waals surface area contributed by atoms with Crippen molar-refractivity contribution in [2.24, 2.45) is 0 Å². The summed E-state index contributed by atoms with van der Waals surface area (Å²) >= 11 is 3.46. The van der Waals surface area contributed by atoms with Crippen LogP contribution in [-0.2, 0) is 0 Å². The number of hydrogen-bond donors (Lipinski definition) is 1. The van der Waals surface area contributed by atoms with Gasteiger partial charge in [0.15, 0.2) is 0 Å². The lowest BCUT2D eigenvalue weighted by atomic mass is 10.1. The Balaban J connectivity index is 1.89. The number of aliphatic hydroxyl groups is 1. The summed E-state index contributed by atoms with van der Waals surface area (Å²) < 4.78 is 6.73. The van der Waals surface area contributed by atoms with Gasteiger partial charge in [0.2, 0.25) is 0 Å². The van der Waals surface area contributed by atoms with Crippen molar-refractivity contribution in [1.82, 2.24) is 0 Å². The zero-order chi connectivity index (χ0) is 14.8. The molecule has 3 aromatic carbocycles. The van der Waals surface area contributed by atoms with Gasteiger partial charge in [-0.05, 0) is 47.5 Å². The molecular weight excluding hydrogens is 328 g/mol. The van der Waals surface area contributed by atoms with E-state index in [1.807, 2.05) is 48.5 Å². The molecule has 0 aliphatic carbocycles. The monoisotopic (exact) mass is 342 g/mol. The molecule has 0 fully saturated rings. The molecule has 2 nitrogen and oxygen atoms in total. The highest BCUT2D eigenvalue weighted by molar-refractivity contribution is 9.10. The van der Waals surface area contributed by atoms with Crippen LogP contribution in [0, 0.1) is 0 Å². The first-order chi connectivity index (χ1) is 10.1. The number of ether oxygens (including phenoxy) is 1. The summed E-state index contributed by atoms with van der Waals surface area (Å²) in [5.74, 6) is 1.53. The Labute approximate surface area is 132 Å². The molecule has 0 aliphatic heterocycles. The molecule has 0 radical (unpaired) electrons. The Morgan fingerprint density at radius 3 is 2.29 bits per heavy atom. The Hall–Kier alpha value is -1.84. The van der Waals surface area contributed by atoms with Gasteiger partial charge in [-0.2, -0.15) is 0 Å². The molecule has 3 heteroatoms. The van der Waals surface area contributed by atoms with Gasteiger partial charge in [-0.15, -0.1) is 0 Å². The molecular formula is C18H15BrO2. The molecule has 0 aliphatic rings.